The number of hydrogen-bond donors (Lipinski definition) is 2. The summed E-state index contributed by atoms with van der Waals surface area (Å²) in [6.07, 6.45) is -4.77. The van der Waals surface area contributed by atoms with Crippen molar-refractivity contribution in [3.63, 3.8) is 0 Å². The van der Waals surface area contributed by atoms with Gasteiger partial charge in [-0.15, -0.1) is 23.7 Å². The van der Waals surface area contributed by atoms with Gasteiger partial charge in [-0.2, -0.15) is 13.2 Å². The summed E-state index contributed by atoms with van der Waals surface area (Å²) in [6, 6.07) is -0.718. The zero-order chi connectivity index (χ0) is 11.8. The maximum atomic E-state index is 12.3. The predicted molar refractivity (Wildman–Crippen MR) is 53.9 cm³/mol. The molecule has 0 aliphatic rings. The Morgan fingerprint density at radius 1 is 1.56 bits per heavy atom. The lowest BCUT2D eigenvalue weighted by molar-refractivity contribution is -0.141. The molecule has 4 nitrogen and oxygen atoms in total. The Kier molecular flexibility index (Phi) is 4.71. The maximum Gasteiger partial charge on any atom is 0.435 e. The maximum absolute atomic E-state index is 12.3. The third kappa shape index (κ3) is 3.06. The fourth-order valence-corrected chi connectivity index (χ4v) is 1.75. The molecule has 1 aromatic rings. The van der Waals surface area contributed by atoms with Crippen molar-refractivity contribution in [1.29, 1.82) is 0 Å². The van der Waals surface area contributed by atoms with Crippen molar-refractivity contribution >= 4 is 29.7 Å². The standard InChI is InChI=1S/C7H7F3N2O2S.ClH/c1-2(11)5-12-4(7(8,9)10)3(15-5)6(13)14;/h2H,11H2,1H3,(H,13,14);1H. The van der Waals surface area contributed by atoms with E-state index in [-0.39, 0.29) is 17.4 Å². The molecule has 0 spiro atoms. The van der Waals surface area contributed by atoms with Crippen LogP contribution in [0.4, 0.5) is 13.2 Å². The van der Waals surface area contributed by atoms with Gasteiger partial charge in [0.25, 0.3) is 0 Å². The van der Waals surface area contributed by atoms with Gasteiger partial charge < -0.3 is 10.8 Å². The van der Waals surface area contributed by atoms with E-state index in [1.165, 1.54) is 6.92 Å². The Hall–Kier alpha value is -0.860. The van der Waals surface area contributed by atoms with E-state index < -0.39 is 28.8 Å². The molecular weight excluding hydrogens is 269 g/mol. The van der Waals surface area contributed by atoms with Gasteiger partial charge in [-0.3, -0.25) is 0 Å². The minimum Gasteiger partial charge on any atom is -0.477 e. The molecule has 9 heteroatoms. The van der Waals surface area contributed by atoms with Crippen LogP contribution in [0.3, 0.4) is 0 Å². The number of rotatable bonds is 2. The quantitative estimate of drug-likeness (QED) is 0.869. The second-order valence-electron chi connectivity index (χ2n) is 2.82. The predicted octanol–water partition coefficient (Wildman–Crippen LogP) is 2.30. The first kappa shape index (κ1) is 15.1. The van der Waals surface area contributed by atoms with Gasteiger partial charge in [0, 0.05) is 0 Å². The molecule has 0 aliphatic carbocycles. The number of nitrogens with zero attached hydrogens (tertiary/aromatic N) is 1. The van der Waals surface area contributed by atoms with Crippen LogP contribution in [0.1, 0.15) is 33.3 Å². The first-order valence-corrected chi connectivity index (χ1v) is 4.62. The average molecular weight is 277 g/mol. The van der Waals surface area contributed by atoms with Gasteiger partial charge in [0.15, 0.2) is 5.69 Å². The Labute approximate surface area is 98.7 Å². The zero-order valence-electron chi connectivity index (χ0n) is 7.91. The van der Waals surface area contributed by atoms with E-state index in [0.717, 1.165) is 0 Å². The van der Waals surface area contributed by atoms with Crippen LogP contribution in [0.2, 0.25) is 0 Å². The van der Waals surface area contributed by atoms with Crippen LogP contribution >= 0.6 is 23.7 Å². The van der Waals surface area contributed by atoms with Crippen LogP contribution < -0.4 is 5.73 Å². The summed E-state index contributed by atoms with van der Waals surface area (Å²) in [7, 11) is 0. The van der Waals surface area contributed by atoms with Crippen molar-refractivity contribution in [3.8, 4) is 0 Å². The minimum absolute atomic E-state index is 0. The molecule has 0 aliphatic heterocycles. The van der Waals surface area contributed by atoms with Crippen molar-refractivity contribution in [3.05, 3.63) is 15.6 Å². The molecule has 1 aromatic heterocycles. The molecule has 92 valence electrons. The van der Waals surface area contributed by atoms with E-state index in [1.54, 1.807) is 0 Å². The van der Waals surface area contributed by atoms with Gasteiger partial charge in [-0.05, 0) is 6.92 Å². The number of aromatic carboxylic acids is 1. The normalized spacial score (nSPS) is 13.1. The lowest BCUT2D eigenvalue weighted by atomic mass is 10.3. The number of alkyl halides is 3. The third-order valence-electron chi connectivity index (χ3n) is 1.50. The number of carbonyl (C=O) groups is 1. The highest BCUT2D eigenvalue weighted by Gasteiger charge is 2.39. The summed E-state index contributed by atoms with van der Waals surface area (Å²) < 4.78 is 37.0. The van der Waals surface area contributed by atoms with Gasteiger partial charge in [-0.25, -0.2) is 9.78 Å². The smallest absolute Gasteiger partial charge is 0.435 e. The van der Waals surface area contributed by atoms with Gasteiger partial charge >= 0.3 is 12.1 Å². The lowest BCUT2D eigenvalue weighted by Crippen LogP contribution is -2.12. The molecule has 0 aromatic carbocycles. The SMILES string of the molecule is CC(N)c1nc(C(F)(F)F)c(C(=O)O)s1.Cl. The summed E-state index contributed by atoms with van der Waals surface area (Å²) in [6.45, 7) is 1.44. The first-order chi connectivity index (χ1) is 6.73. The topological polar surface area (TPSA) is 76.2 Å². The molecule has 0 radical (unpaired) electrons. The second kappa shape index (κ2) is 4.98. The summed E-state index contributed by atoms with van der Waals surface area (Å²) in [5, 5.41) is 8.51. The monoisotopic (exact) mass is 276 g/mol. The second-order valence-corrected chi connectivity index (χ2v) is 3.85. The van der Waals surface area contributed by atoms with E-state index in [9.17, 15) is 18.0 Å². The Bertz CT molecular complexity index is 391. The molecule has 0 bridgehead atoms. The Morgan fingerprint density at radius 3 is 2.31 bits per heavy atom. The highest BCUT2D eigenvalue weighted by atomic mass is 35.5. The summed E-state index contributed by atoms with van der Waals surface area (Å²) in [5.74, 6) is -1.65. The fraction of sp³-hybridized carbons (Fsp3) is 0.429. The Morgan fingerprint density at radius 2 is 2.06 bits per heavy atom. The minimum atomic E-state index is -4.77. The number of carboxylic acids is 1. The molecule has 3 N–H and O–H groups in total. The van der Waals surface area contributed by atoms with Crippen LogP contribution in [0.5, 0.6) is 0 Å². The van der Waals surface area contributed by atoms with Crippen LogP contribution in [-0.2, 0) is 6.18 Å². The number of halogens is 4. The first-order valence-electron chi connectivity index (χ1n) is 3.80. The van der Waals surface area contributed by atoms with Crippen LogP contribution in [0.15, 0.2) is 0 Å². The summed E-state index contributed by atoms with van der Waals surface area (Å²) >= 11 is 0.447. The van der Waals surface area contributed by atoms with Crippen molar-refractivity contribution < 1.29 is 23.1 Å². The van der Waals surface area contributed by atoms with Gasteiger partial charge in [0.1, 0.15) is 9.88 Å². The van der Waals surface area contributed by atoms with E-state index >= 15 is 0 Å². The molecule has 0 saturated heterocycles. The number of thiazole rings is 1. The highest BCUT2D eigenvalue weighted by Crippen LogP contribution is 2.35. The number of aromatic nitrogens is 1. The molecule has 16 heavy (non-hydrogen) atoms. The fourth-order valence-electron chi connectivity index (χ4n) is 0.869. The number of hydrogen-bond acceptors (Lipinski definition) is 4. The van der Waals surface area contributed by atoms with E-state index in [4.69, 9.17) is 10.8 Å². The Balaban J connectivity index is 0.00000225. The summed E-state index contributed by atoms with van der Waals surface area (Å²) in [4.78, 5) is 12.9. The molecule has 0 fully saturated rings. The van der Waals surface area contributed by atoms with Crippen LogP contribution in [0.25, 0.3) is 0 Å². The summed E-state index contributed by atoms with van der Waals surface area (Å²) in [5.41, 5.74) is 3.94. The zero-order valence-corrected chi connectivity index (χ0v) is 9.54. The average Bonchev–Trinajstić information content (AvgIpc) is 2.45. The van der Waals surface area contributed by atoms with Crippen molar-refractivity contribution in [2.75, 3.05) is 0 Å². The molecule has 1 atom stereocenters. The molecular formula is C7H8ClF3N2O2S. The number of nitrogens with two attached hydrogens (primary N) is 1. The van der Waals surface area contributed by atoms with Gasteiger partial charge in [0.05, 0.1) is 6.04 Å². The molecule has 0 amide bonds. The van der Waals surface area contributed by atoms with E-state index in [1.807, 2.05) is 0 Å². The van der Waals surface area contributed by atoms with E-state index in [0.29, 0.717) is 11.3 Å². The lowest BCUT2D eigenvalue weighted by Gasteiger charge is -2.02. The van der Waals surface area contributed by atoms with Gasteiger partial charge in [0.2, 0.25) is 0 Å². The van der Waals surface area contributed by atoms with Crippen molar-refractivity contribution in [2.24, 2.45) is 5.73 Å². The molecule has 1 unspecified atom stereocenters. The van der Waals surface area contributed by atoms with Crippen LogP contribution in [-0.4, -0.2) is 16.1 Å². The third-order valence-corrected chi connectivity index (χ3v) is 2.74. The number of carboxylic acid groups (broad SMARTS) is 1. The van der Waals surface area contributed by atoms with Crippen molar-refractivity contribution in [2.45, 2.75) is 19.1 Å². The van der Waals surface area contributed by atoms with Crippen molar-refractivity contribution in [1.82, 2.24) is 4.98 Å². The molecule has 1 rings (SSSR count). The van der Waals surface area contributed by atoms with Gasteiger partial charge in [-0.1, -0.05) is 0 Å². The largest absolute Gasteiger partial charge is 0.477 e. The van der Waals surface area contributed by atoms with E-state index in [2.05, 4.69) is 4.98 Å². The molecule has 1 heterocycles. The molecule has 0 saturated carbocycles. The van der Waals surface area contributed by atoms with Crippen LogP contribution in [0, 0.1) is 0 Å². The highest BCUT2D eigenvalue weighted by molar-refractivity contribution is 7.13.